The lowest BCUT2D eigenvalue weighted by Gasteiger charge is -2.21. The van der Waals surface area contributed by atoms with E-state index in [4.69, 9.17) is 9.47 Å². The van der Waals surface area contributed by atoms with Crippen molar-refractivity contribution in [3.8, 4) is 5.75 Å². The maximum Gasteiger partial charge on any atom is 0.329 e. The van der Waals surface area contributed by atoms with Crippen LogP contribution in [0.2, 0.25) is 0 Å². The number of carbonyl (C=O) groups is 2. The van der Waals surface area contributed by atoms with Crippen LogP contribution in [0.25, 0.3) is 0 Å². The molecule has 2 rings (SSSR count). The number of amides is 2. The van der Waals surface area contributed by atoms with Crippen molar-refractivity contribution in [1.29, 1.82) is 0 Å². The van der Waals surface area contributed by atoms with Crippen LogP contribution in [-0.4, -0.2) is 31.3 Å². The molecular weight excluding hydrogens is 344 g/mol. The van der Waals surface area contributed by atoms with Crippen LogP contribution in [0.3, 0.4) is 0 Å². The van der Waals surface area contributed by atoms with Crippen molar-refractivity contribution >= 4 is 17.7 Å². The minimum atomic E-state index is -0.743. The summed E-state index contributed by atoms with van der Waals surface area (Å²) in [7, 11) is 0. The largest absolute Gasteiger partial charge is 0.490 e. The Labute approximate surface area is 159 Å². The van der Waals surface area contributed by atoms with Crippen molar-refractivity contribution in [2.24, 2.45) is 5.92 Å². The Morgan fingerprint density at radius 3 is 2.30 bits per heavy atom. The van der Waals surface area contributed by atoms with Gasteiger partial charge in [0.25, 0.3) is 0 Å². The van der Waals surface area contributed by atoms with Crippen molar-refractivity contribution in [3.05, 3.63) is 60.2 Å². The third kappa shape index (κ3) is 6.66. The third-order valence-electron chi connectivity index (χ3n) is 3.92. The predicted molar refractivity (Wildman–Crippen MR) is 105 cm³/mol. The fraction of sp³-hybridized carbons (Fsp3) is 0.333. The van der Waals surface area contributed by atoms with Gasteiger partial charge in [-0.3, -0.25) is 0 Å². The fourth-order valence-electron chi connectivity index (χ4n) is 2.43. The number of benzene rings is 2. The van der Waals surface area contributed by atoms with Gasteiger partial charge in [-0.15, -0.1) is 0 Å². The van der Waals surface area contributed by atoms with Gasteiger partial charge >= 0.3 is 12.0 Å². The average molecular weight is 370 g/mol. The first-order valence-corrected chi connectivity index (χ1v) is 8.95. The number of nitrogens with one attached hydrogen (secondary N) is 2. The second kappa shape index (κ2) is 10.2. The summed E-state index contributed by atoms with van der Waals surface area (Å²) in [6.45, 7) is 6.00. The zero-order chi connectivity index (χ0) is 19.6. The van der Waals surface area contributed by atoms with E-state index in [9.17, 15) is 9.59 Å². The highest BCUT2D eigenvalue weighted by atomic mass is 16.6. The normalized spacial score (nSPS) is 11.6. The van der Waals surface area contributed by atoms with Crippen LogP contribution < -0.4 is 15.4 Å². The molecule has 1 atom stereocenters. The minimum Gasteiger partial charge on any atom is -0.490 e. The quantitative estimate of drug-likeness (QED) is 0.548. The lowest BCUT2D eigenvalue weighted by atomic mass is 10.1. The molecule has 6 heteroatoms. The molecule has 0 aromatic heterocycles. The van der Waals surface area contributed by atoms with Gasteiger partial charge in [-0.25, -0.2) is 9.59 Å². The number of aryl methyl sites for hydroxylation is 1. The standard InChI is InChI=1S/C21H26N2O4/c1-15(2)19(23-21(25)22-17-10-5-4-6-11-17)20(24)27-14-13-26-18-12-8-7-9-16(18)3/h4-12,15,19H,13-14H2,1-3H3,(H2,22,23,25)/t19-/m0/s1. The molecule has 0 saturated carbocycles. The number of carbonyl (C=O) groups excluding carboxylic acids is 2. The monoisotopic (exact) mass is 370 g/mol. The zero-order valence-electron chi connectivity index (χ0n) is 15.9. The number of para-hydroxylation sites is 2. The molecule has 2 amide bonds. The van der Waals surface area contributed by atoms with Crippen molar-refractivity contribution < 1.29 is 19.1 Å². The van der Waals surface area contributed by atoms with Gasteiger partial charge in [0, 0.05) is 5.69 Å². The van der Waals surface area contributed by atoms with Crippen LogP contribution >= 0.6 is 0 Å². The van der Waals surface area contributed by atoms with Gasteiger partial charge in [-0.05, 0) is 36.6 Å². The van der Waals surface area contributed by atoms with Crippen LogP contribution in [-0.2, 0) is 9.53 Å². The highest BCUT2D eigenvalue weighted by Crippen LogP contribution is 2.16. The summed E-state index contributed by atoms with van der Waals surface area (Å²) >= 11 is 0. The van der Waals surface area contributed by atoms with E-state index in [1.54, 1.807) is 12.1 Å². The molecule has 0 aliphatic heterocycles. The van der Waals surface area contributed by atoms with Crippen LogP contribution in [0.1, 0.15) is 19.4 Å². The Bertz CT molecular complexity index is 747. The summed E-state index contributed by atoms with van der Waals surface area (Å²) in [6, 6.07) is 15.5. The van der Waals surface area contributed by atoms with Crippen molar-refractivity contribution in [2.45, 2.75) is 26.8 Å². The molecule has 2 aromatic rings. The molecule has 6 nitrogen and oxygen atoms in total. The van der Waals surface area contributed by atoms with Gasteiger partial charge < -0.3 is 20.1 Å². The SMILES string of the molecule is Cc1ccccc1OCCOC(=O)[C@@H](NC(=O)Nc1ccccc1)C(C)C. The van der Waals surface area contributed by atoms with Crippen LogP contribution in [0.4, 0.5) is 10.5 Å². The van der Waals surface area contributed by atoms with E-state index in [2.05, 4.69) is 10.6 Å². The fourth-order valence-corrected chi connectivity index (χ4v) is 2.43. The zero-order valence-corrected chi connectivity index (χ0v) is 15.9. The maximum atomic E-state index is 12.3. The van der Waals surface area contributed by atoms with Gasteiger partial charge in [0.05, 0.1) is 0 Å². The number of anilines is 1. The van der Waals surface area contributed by atoms with Crippen LogP contribution in [0, 0.1) is 12.8 Å². The van der Waals surface area contributed by atoms with E-state index in [-0.39, 0.29) is 19.1 Å². The molecule has 0 bridgehead atoms. The average Bonchev–Trinajstić information content (AvgIpc) is 2.65. The number of rotatable bonds is 8. The second-order valence-electron chi connectivity index (χ2n) is 6.47. The van der Waals surface area contributed by atoms with E-state index in [1.165, 1.54) is 0 Å². The Morgan fingerprint density at radius 2 is 1.63 bits per heavy atom. The maximum absolute atomic E-state index is 12.3. The van der Waals surface area contributed by atoms with Gasteiger partial charge in [0.15, 0.2) is 0 Å². The molecule has 2 N–H and O–H groups in total. The summed E-state index contributed by atoms with van der Waals surface area (Å²) in [4.78, 5) is 24.5. The smallest absolute Gasteiger partial charge is 0.329 e. The molecule has 2 aromatic carbocycles. The third-order valence-corrected chi connectivity index (χ3v) is 3.92. The molecule has 144 valence electrons. The molecule has 0 saturated heterocycles. The van der Waals surface area contributed by atoms with Gasteiger partial charge in [-0.2, -0.15) is 0 Å². The Balaban J connectivity index is 1.80. The summed E-state index contributed by atoms with van der Waals surface area (Å²) < 4.78 is 10.9. The predicted octanol–water partition coefficient (Wildman–Crippen LogP) is 3.76. The summed E-state index contributed by atoms with van der Waals surface area (Å²) in [5.74, 6) is 0.159. The molecule has 27 heavy (non-hydrogen) atoms. The number of ether oxygens (including phenoxy) is 2. The highest BCUT2D eigenvalue weighted by Gasteiger charge is 2.25. The van der Waals surface area contributed by atoms with E-state index in [0.717, 1.165) is 11.3 Å². The van der Waals surface area contributed by atoms with E-state index >= 15 is 0 Å². The van der Waals surface area contributed by atoms with Crippen molar-refractivity contribution in [3.63, 3.8) is 0 Å². The molecule has 0 spiro atoms. The minimum absolute atomic E-state index is 0.109. The Morgan fingerprint density at radius 1 is 0.963 bits per heavy atom. The molecule has 0 aliphatic carbocycles. The number of urea groups is 1. The van der Waals surface area contributed by atoms with E-state index in [0.29, 0.717) is 5.69 Å². The Kier molecular flexibility index (Phi) is 7.67. The van der Waals surface area contributed by atoms with E-state index in [1.807, 2.05) is 63.2 Å². The topological polar surface area (TPSA) is 76.7 Å². The number of hydrogen-bond donors (Lipinski definition) is 2. The van der Waals surface area contributed by atoms with Gasteiger partial charge in [-0.1, -0.05) is 50.2 Å². The van der Waals surface area contributed by atoms with Crippen molar-refractivity contribution in [2.75, 3.05) is 18.5 Å². The first-order valence-electron chi connectivity index (χ1n) is 8.95. The lowest BCUT2D eigenvalue weighted by molar-refractivity contribution is -0.147. The van der Waals surface area contributed by atoms with Crippen molar-refractivity contribution in [1.82, 2.24) is 5.32 Å². The van der Waals surface area contributed by atoms with E-state index < -0.39 is 18.0 Å². The van der Waals surface area contributed by atoms with Crippen LogP contribution in [0.15, 0.2) is 54.6 Å². The lowest BCUT2D eigenvalue weighted by Crippen LogP contribution is -2.47. The highest BCUT2D eigenvalue weighted by molar-refractivity contribution is 5.92. The number of hydrogen-bond acceptors (Lipinski definition) is 4. The number of esters is 1. The molecule has 0 heterocycles. The summed E-state index contributed by atoms with van der Waals surface area (Å²) in [5.41, 5.74) is 1.67. The Hall–Kier alpha value is -3.02. The van der Waals surface area contributed by atoms with Gasteiger partial charge in [0.1, 0.15) is 25.0 Å². The van der Waals surface area contributed by atoms with Crippen LogP contribution in [0.5, 0.6) is 5.75 Å². The first-order chi connectivity index (χ1) is 13.0. The second-order valence-corrected chi connectivity index (χ2v) is 6.47. The van der Waals surface area contributed by atoms with Gasteiger partial charge in [0.2, 0.25) is 0 Å². The molecule has 0 aliphatic rings. The molecule has 0 radical (unpaired) electrons. The molecule has 0 fully saturated rings. The summed E-state index contributed by atoms with van der Waals surface area (Å²) in [6.07, 6.45) is 0. The summed E-state index contributed by atoms with van der Waals surface area (Å²) in [5, 5.41) is 5.36. The first kappa shape index (κ1) is 20.3. The molecular formula is C21H26N2O4. The molecule has 0 unspecified atom stereocenters.